The zero-order valence-electron chi connectivity index (χ0n) is 10.9. The van der Waals surface area contributed by atoms with Gasteiger partial charge in [0.1, 0.15) is 5.69 Å². The Hall–Kier alpha value is -1.19. The van der Waals surface area contributed by atoms with Crippen LogP contribution in [0.5, 0.6) is 0 Å². The van der Waals surface area contributed by atoms with Crippen LogP contribution in [0.3, 0.4) is 0 Å². The second kappa shape index (κ2) is 7.98. The van der Waals surface area contributed by atoms with Crippen LogP contribution >= 0.6 is 0 Å². The van der Waals surface area contributed by atoms with E-state index < -0.39 is 0 Å². The van der Waals surface area contributed by atoms with Crippen LogP contribution in [0.4, 0.5) is 5.69 Å². The van der Waals surface area contributed by atoms with Crippen molar-refractivity contribution in [1.29, 1.82) is 0 Å². The van der Waals surface area contributed by atoms with Crippen LogP contribution in [0, 0.1) is 0 Å². The summed E-state index contributed by atoms with van der Waals surface area (Å²) in [6, 6.07) is 0. The first-order valence-electron chi connectivity index (χ1n) is 6.79. The van der Waals surface area contributed by atoms with E-state index >= 15 is 0 Å². The minimum atomic E-state index is -0.0899. The maximum Gasteiger partial charge on any atom is 0.289 e. The highest BCUT2D eigenvalue weighted by molar-refractivity contribution is 5.30. The fourth-order valence-corrected chi connectivity index (χ4v) is 1.99. The van der Waals surface area contributed by atoms with Crippen LogP contribution < -0.4 is 11.3 Å². The molecule has 0 bridgehead atoms. The first-order valence-corrected chi connectivity index (χ1v) is 6.79. The standard InChI is InChI=1S/C13H25N3O/c1-2-3-4-5-6-7-8-9-10-16-13(17)12(14)11-15-16/h11,15H,2-10,14H2,1H3. The number of anilines is 1. The van der Waals surface area contributed by atoms with Crippen molar-refractivity contribution in [3.8, 4) is 0 Å². The maximum absolute atomic E-state index is 11.4. The Bertz CT molecular complexity index is 354. The predicted octanol–water partition coefficient (Wildman–Crippen LogP) is 2.90. The summed E-state index contributed by atoms with van der Waals surface area (Å²) in [6.07, 6.45) is 11.8. The summed E-state index contributed by atoms with van der Waals surface area (Å²) in [5, 5.41) is 2.87. The molecule has 0 spiro atoms. The number of aromatic nitrogens is 2. The number of unbranched alkanes of at least 4 members (excludes halogenated alkanes) is 7. The molecule has 0 atom stereocenters. The lowest BCUT2D eigenvalue weighted by Crippen LogP contribution is -2.18. The molecule has 1 rings (SSSR count). The fourth-order valence-electron chi connectivity index (χ4n) is 1.99. The fraction of sp³-hybridized carbons (Fsp3) is 0.769. The molecule has 1 aromatic heterocycles. The highest BCUT2D eigenvalue weighted by Crippen LogP contribution is 2.08. The summed E-state index contributed by atoms with van der Waals surface area (Å²) in [6.45, 7) is 2.99. The van der Waals surface area contributed by atoms with Gasteiger partial charge in [-0.15, -0.1) is 0 Å². The van der Waals surface area contributed by atoms with Gasteiger partial charge in [-0.05, 0) is 6.42 Å². The summed E-state index contributed by atoms with van der Waals surface area (Å²) in [5.74, 6) is 0. The number of nitrogens with one attached hydrogen (secondary N) is 1. The molecule has 0 saturated carbocycles. The third-order valence-corrected chi connectivity index (χ3v) is 3.10. The van der Waals surface area contributed by atoms with E-state index in [1.54, 1.807) is 10.9 Å². The predicted molar refractivity (Wildman–Crippen MR) is 72.1 cm³/mol. The second-order valence-corrected chi connectivity index (χ2v) is 4.66. The number of hydrogen-bond acceptors (Lipinski definition) is 2. The van der Waals surface area contributed by atoms with Crippen molar-refractivity contribution >= 4 is 5.69 Å². The Balaban J connectivity index is 2.01. The monoisotopic (exact) mass is 239 g/mol. The minimum absolute atomic E-state index is 0.0899. The van der Waals surface area contributed by atoms with Gasteiger partial charge in [-0.2, -0.15) is 0 Å². The molecule has 1 heterocycles. The molecule has 0 fully saturated rings. The molecule has 98 valence electrons. The summed E-state index contributed by atoms with van der Waals surface area (Å²) >= 11 is 0. The van der Waals surface area contributed by atoms with Crippen LogP contribution in [0.2, 0.25) is 0 Å². The highest BCUT2D eigenvalue weighted by atomic mass is 16.1. The van der Waals surface area contributed by atoms with Crippen LogP contribution in [0.25, 0.3) is 0 Å². The number of nitrogens with two attached hydrogens (primary N) is 1. The molecular weight excluding hydrogens is 214 g/mol. The number of nitrogens with zero attached hydrogens (tertiary/aromatic N) is 1. The van der Waals surface area contributed by atoms with Gasteiger partial charge in [0.05, 0.1) is 0 Å². The van der Waals surface area contributed by atoms with E-state index in [1.165, 1.54) is 44.9 Å². The van der Waals surface area contributed by atoms with Crippen molar-refractivity contribution in [2.45, 2.75) is 64.8 Å². The number of rotatable bonds is 9. The maximum atomic E-state index is 11.4. The summed E-state index contributed by atoms with van der Waals surface area (Å²) in [5.41, 5.74) is 5.69. The van der Waals surface area contributed by atoms with E-state index in [0.717, 1.165) is 13.0 Å². The van der Waals surface area contributed by atoms with E-state index in [1.807, 2.05) is 0 Å². The lowest BCUT2D eigenvalue weighted by molar-refractivity contribution is 0.512. The van der Waals surface area contributed by atoms with E-state index in [2.05, 4.69) is 12.0 Å². The molecule has 0 aliphatic carbocycles. The van der Waals surface area contributed by atoms with Gasteiger partial charge < -0.3 is 10.8 Å². The Morgan fingerprint density at radius 1 is 1.12 bits per heavy atom. The van der Waals surface area contributed by atoms with Crippen molar-refractivity contribution in [2.24, 2.45) is 0 Å². The van der Waals surface area contributed by atoms with Gasteiger partial charge in [-0.1, -0.05) is 51.9 Å². The van der Waals surface area contributed by atoms with Crippen molar-refractivity contribution in [3.63, 3.8) is 0 Å². The first-order chi connectivity index (χ1) is 8.25. The highest BCUT2D eigenvalue weighted by Gasteiger charge is 2.00. The van der Waals surface area contributed by atoms with Crippen molar-refractivity contribution < 1.29 is 0 Å². The molecule has 3 N–H and O–H groups in total. The van der Waals surface area contributed by atoms with Gasteiger partial charge in [-0.25, -0.2) is 0 Å². The Kier molecular flexibility index (Phi) is 6.51. The average Bonchev–Trinajstić information content (AvgIpc) is 2.64. The number of H-pyrrole nitrogens is 1. The van der Waals surface area contributed by atoms with Gasteiger partial charge in [0.15, 0.2) is 0 Å². The molecule has 0 saturated heterocycles. The van der Waals surface area contributed by atoms with Crippen LogP contribution in [0.1, 0.15) is 58.3 Å². The molecule has 0 amide bonds. The van der Waals surface area contributed by atoms with Gasteiger partial charge in [0.25, 0.3) is 5.56 Å². The molecular formula is C13H25N3O. The molecule has 0 aliphatic heterocycles. The normalized spacial score (nSPS) is 10.9. The van der Waals surface area contributed by atoms with Gasteiger partial charge in [0, 0.05) is 12.7 Å². The SMILES string of the molecule is CCCCCCCCCCn1[nH]cc(N)c1=O. The molecule has 0 radical (unpaired) electrons. The third kappa shape index (κ3) is 5.11. The zero-order valence-corrected chi connectivity index (χ0v) is 10.9. The molecule has 0 unspecified atom stereocenters. The molecule has 4 heteroatoms. The van der Waals surface area contributed by atoms with E-state index in [-0.39, 0.29) is 5.56 Å². The molecule has 0 aliphatic rings. The third-order valence-electron chi connectivity index (χ3n) is 3.10. The van der Waals surface area contributed by atoms with Crippen LogP contribution in [-0.4, -0.2) is 9.78 Å². The quantitative estimate of drug-likeness (QED) is 0.651. The van der Waals surface area contributed by atoms with Crippen molar-refractivity contribution in [3.05, 3.63) is 16.6 Å². The summed E-state index contributed by atoms with van der Waals surface area (Å²) in [7, 11) is 0. The van der Waals surface area contributed by atoms with Crippen LogP contribution in [-0.2, 0) is 6.54 Å². The van der Waals surface area contributed by atoms with Crippen molar-refractivity contribution in [1.82, 2.24) is 9.78 Å². The molecule has 4 nitrogen and oxygen atoms in total. The second-order valence-electron chi connectivity index (χ2n) is 4.66. The van der Waals surface area contributed by atoms with E-state index in [4.69, 9.17) is 5.73 Å². The molecule has 0 aromatic carbocycles. The number of aromatic amines is 1. The smallest absolute Gasteiger partial charge is 0.289 e. The lowest BCUT2D eigenvalue weighted by Gasteiger charge is -2.02. The largest absolute Gasteiger partial charge is 0.393 e. The van der Waals surface area contributed by atoms with E-state index in [9.17, 15) is 4.79 Å². The first kappa shape index (κ1) is 13.9. The Morgan fingerprint density at radius 2 is 1.71 bits per heavy atom. The van der Waals surface area contributed by atoms with Gasteiger partial charge in [0.2, 0.25) is 0 Å². The Labute approximate surface area is 103 Å². The zero-order chi connectivity index (χ0) is 12.5. The number of nitrogen functional groups attached to an aromatic ring is 1. The topological polar surface area (TPSA) is 63.8 Å². The summed E-state index contributed by atoms with van der Waals surface area (Å²) in [4.78, 5) is 11.4. The summed E-state index contributed by atoms with van der Waals surface area (Å²) < 4.78 is 1.59. The van der Waals surface area contributed by atoms with E-state index in [0.29, 0.717) is 5.69 Å². The average molecular weight is 239 g/mol. The van der Waals surface area contributed by atoms with Gasteiger partial charge >= 0.3 is 0 Å². The lowest BCUT2D eigenvalue weighted by atomic mass is 10.1. The van der Waals surface area contributed by atoms with Crippen LogP contribution in [0.15, 0.2) is 11.0 Å². The van der Waals surface area contributed by atoms with Gasteiger partial charge in [-0.3, -0.25) is 9.48 Å². The number of aryl methyl sites for hydroxylation is 1. The molecule has 17 heavy (non-hydrogen) atoms. The minimum Gasteiger partial charge on any atom is -0.393 e. The number of hydrogen-bond donors (Lipinski definition) is 2. The Morgan fingerprint density at radius 3 is 2.24 bits per heavy atom. The van der Waals surface area contributed by atoms with Crippen molar-refractivity contribution in [2.75, 3.05) is 5.73 Å². The molecule has 1 aromatic rings.